The molecule has 2 N–H and O–H groups in total. The van der Waals surface area contributed by atoms with E-state index in [0.29, 0.717) is 30.9 Å². The van der Waals surface area contributed by atoms with Gasteiger partial charge in [0.1, 0.15) is 5.82 Å². The summed E-state index contributed by atoms with van der Waals surface area (Å²) in [6.07, 6.45) is 3.68. The number of aromatic amines is 1. The van der Waals surface area contributed by atoms with Gasteiger partial charge in [0.05, 0.1) is 25.2 Å². The molecule has 2 amide bonds. The standard InChI is InChI=1S/C23H25N5O2/c1-23(2,3)17-8-6-16(7-9-17)22(30)25-21-18-13-28(14-19(18)26-27-21)20(29)11-15-5-4-10-24-12-15/h4-10,12H,11,13-14H2,1-3H3,(H2,25,26,27,30). The molecule has 3 heterocycles. The van der Waals surface area contributed by atoms with Crippen molar-refractivity contribution < 1.29 is 9.59 Å². The van der Waals surface area contributed by atoms with E-state index in [2.05, 4.69) is 41.3 Å². The van der Waals surface area contributed by atoms with Gasteiger partial charge in [-0.1, -0.05) is 39.0 Å². The zero-order valence-corrected chi connectivity index (χ0v) is 17.4. The maximum absolute atomic E-state index is 12.7. The van der Waals surface area contributed by atoms with Gasteiger partial charge in [-0.3, -0.25) is 19.7 Å². The number of carbonyl (C=O) groups is 2. The van der Waals surface area contributed by atoms with E-state index in [9.17, 15) is 9.59 Å². The Kier molecular flexibility index (Phi) is 5.11. The third-order valence-corrected chi connectivity index (χ3v) is 5.32. The van der Waals surface area contributed by atoms with Crippen molar-refractivity contribution in [1.29, 1.82) is 0 Å². The zero-order chi connectivity index (χ0) is 21.3. The Bertz CT molecular complexity index is 1070. The van der Waals surface area contributed by atoms with Gasteiger partial charge in [-0.2, -0.15) is 5.10 Å². The second-order valence-electron chi connectivity index (χ2n) is 8.59. The van der Waals surface area contributed by atoms with Gasteiger partial charge in [0.2, 0.25) is 5.91 Å². The molecule has 0 atom stereocenters. The molecule has 0 saturated carbocycles. The molecular weight excluding hydrogens is 378 g/mol. The first kappa shape index (κ1) is 19.8. The summed E-state index contributed by atoms with van der Waals surface area (Å²) < 4.78 is 0. The number of pyridine rings is 1. The molecule has 1 aliphatic heterocycles. The summed E-state index contributed by atoms with van der Waals surface area (Å²) in [4.78, 5) is 31.1. The monoisotopic (exact) mass is 403 g/mol. The van der Waals surface area contributed by atoms with Crippen LogP contribution in [0.1, 0.15) is 53.5 Å². The number of rotatable bonds is 4. The van der Waals surface area contributed by atoms with Crippen LogP contribution in [0.2, 0.25) is 0 Å². The number of amides is 2. The SMILES string of the molecule is CC(C)(C)c1ccc(C(=O)Nc2[nH]nc3c2CN(C(=O)Cc2cccnc2)C3)cc1. The predicted octanol–water partition coefficient (Wildman–Crippen LogP) is 3.44. The molecule has 7 heteroatoms. The van der Waals surface area contributed by atoms with Crippen LogP contribution in [0.3, 0.4) is 0 Å². The molecule has 1 aliphatic rings. The highest BCUT2D eigenvalue weighted by atomic mass is 16.2. The summed E-state index contributed by atoms with van der Waals surface area (Å²) in [6.45, 7) is 7.26. The number of benzene rings is 1. The Balaban J connectivity index is 1.42. The van der Waals surface area contributed by atoms with Gasteiger partial charge in [0, 0.05) is 23.5 Å². The Labute approximate surface area is 175 Å². The van der Waals surface area contributed by atoms with Gasteiger partial charge in [0.15, 0.2) is 0 Å². The quantitative estimate of drug-likeness (QED) is 0.698. The van der Waals surface area contributed by atoms with E-state index in [4.69, 9.17) is 0 Å². The lowest BCUT2D eigenvalue weighted by Gasteiger charge is -2.19. The summed E-state index contributed by atoms with van der Waals surface area (Å²) in [5.41, 5.74) is 4.30. The molecule has 30 heavy (non-hydrogen) atoms. The summed E-state index contributed by atoms with van der Waals surface area (Å²) >= 11 is 0. The maximum atomic E-state index is 12.7. The number of nitrogens with one attached hydrogen (secondary N) is 2. The Morgan fingerprint density at radius 1 is 1.13 bits per heavy atom. The van der Waals surface area contributed by atoms with Crippen LogP contribution in [0.15, 0.2) is 48.8 Å². The molecule has 0 unspecified atom stereocenters. The summed E-state index contributed by atoms with van der Waals surface area (Å²) in [5, 5.41) is 10.1. The average Bonchev–Trinajstić information content (AvgIpc) is 3.30. The van der Waals surface area contributed by atoms with Crippen molar-refractivity contribution in [3.8, 4) is 0 Å². The molecule has 2 aromatic heterocycles. The highest BCUT2D eigenvalue weighted by Gasteiger charge is 2.29. The lowest BCUT2D eigenvalue weighted by Crippen LogP contribution is -2.27. The van der Waals surface area contributed by atoms with Crippen molar-refractivity contribution in [2.24, 2.45) is 0 Å². The minimum Gasteiger partial charge on any atom is -0.332 e. The Morgan fingerprint density at radius 3 is 2.57 bits per heavy atom. The number of hydrogen-bond donors (Lipinski definition) is 2. The zero-order valence-electron chi connectivity index (χ0n) is 17.4. The minimum absolute atomic E-state index is 0.0102. The fraction of sp³-hybridized carbons (Fsp3) is 0.304. The predicted molar refractivity (Wildman–Crippen MR) is 114 cm³/mol. The van der Waals surface area contributed by atoms with Crippen molar-refractivity contribution in [2.45, 2.75) is 45.7 Å². The van der Waals surface area contributed by atoms with Gasteiger partial charge in [0.25, 0.3) is 5.91 Å². The largest absolute Gasteiger partial charge is 0.332 e. The van der Waals surface area contributed by atoms with Crippen LogP contribution in [0.4, 0.5) is 5.82 Å². The third-order valence-electron chi connectivity index (χ3n) is 5.32. The lowest BCUT2D eigenvalue weighted by molar-refractivity contribution is -0.131. The van der Waals surface area contributed by atoms with Crippen molar-refractivity contribution in [3.05, 3.63) is 76.7 Å². The highest BCUT2D eigenvalue weighted by molar-refractivity contribution is 6.04. The van der Waals surface area contributed by atoms with Gasteiger partial charge in [-0.05, 0) is 34.7 Å². The van der Waals surface area contributed by atoms with Gasteiger partial charge in [-0.15, -0.1) is 0 Å². The van der Waals surface area contributed by atoms with Crippen molar-refractivity contribution >= 4 is 17.6 Å². The number of anilines is 1. The molecule has 7 nitrogen and oxygen atoms in total. The molecule has 0 radical (unpaired) electrons. The van der Waals surface area contributed by atoms with Crippen LogP contribution < -0.4 is 5.32 Å². The van der Waals surface area contributed by atoms with Crippen LogP contribution in [-0.4, -0.2) is 31.9 Å². The van der Waals surface area contributed by atoms with E-state index in [1.54, 1.807) is 17.3 Å². The Hall–Kier alpha value is -3.48. The number of aromatic nitrogens is 3. The summed E-state index contributed by atoms with van der Waals surface area (Å²) in [5.74, 6) is 0.352. The third kappa shape index (κ3) is 4.10. The van der Waals surface area contributed by atoms with Crippen molar-refractivity contribution in [1.82, 2.24) is 20.1 Å². The molecule has 1 aromatic carbocycles. The van der Waals surface area contributed by atoms with E-state index in [1.165, 1.54) is 5.56 Å². The Morgan fingerprint density at radius 2 is 1.90 bits per heavy atom. The topological polar surface area (TPSA) is 91.0 Å². The lowest BCUT2D eigenvalue weighted by atomic mass is 9.87. The van der Waals surface area contributed by atoms with Crippen molar-refractivity contribution in [2.75, 3.05) is 5.32 Å². The first-order valence-corrected chi connectivity index (χ1v) is 9.96. The second-order valence-corrected chi connectivity index (χ2v) is 8.59. The molecule has 0 aliphatic carbocycles. The van der Waals surface area contributed by atoms with Gasteiger partial charge >= 0.3 is 0 Å². The van der Waals surface area contributed by atoms with Crippen LogP contribution in [-0.2, 0) is 29.7 Å². The van der Waals surface area contributed by atoms with E-state index in [1.807, 2.05) is 36.4 Å². The van der Waals surface area contributed by atoms with Crippen molar-refractivity contribution in [3.63, 3.8) is 0 Å². The molecule has 154 valence electrons. The average molecular weight is 403 g/mol. The van der Waals surface area contributed by atoms with Crippen LogP contribution in [0, 0.1) is 0 Å². The van der Waals surface area contributed by atoms with Gasteiger partial charge in [-0.25, -0.2) is 0 Å². The fourth-order valence-corrected chi connectivity index (χ4v) is 3.51. The molecule has 0 fully saturated rings. The fourth-order valence-electron chi connectivity index (χ4n) is 3.51. The first-order chi connectivity index (χ1) is 14.3. The molecule has 3 aromatic rings. The highest BCUT2D eigenvalue weighted by Crippen LogP contribution is 2.28. The maximum Gasteiger partial charge on any atom is 0.256 e. The minimum atomic E-state index is -0.206. The number of carbonyl (C=O) groups excluding carboxylic acids is 2. The number of H-pyrrole nitrogens is 1. The number of fused-ring (bicyclic) bond motifs is 1. The van der Waals surface area contributed by atoms with E-state index in [-0.39, 0.29) is 17.2 Å². The number of nitrogens with zero attached hydrogens (tertiary/aromatic N) is 3. The smallest absolute Gasteiger partial charge is 0.256 e. The molecule has 0 bridgehead atoms. The van der Waals surface area contributed by atoms with E-state index >= 15 is 0 Å². The van der Waals surface area contributed by atoms with E-state index < -0.39 is 0 Å². The molecule has 0 saturated heterocycles. The van der Waals surface area contributed by atoms with Crippen LogP contribution in [0.25, 0.3) is 0 Å². The first-order valence-electron chi connectivity index (χ1n) is 9.96. The second kappa shape index (κ2) is 7.74. The molecule has 4 rings (SSSR count). The van der Waals surface area contributed by atoms with Crippen LogP contribution >= 0.6 is 0 Å². The number of hydrogen-bond acceptors (Lipinski definition) is 4. The molecular formula is C23H25N5O2. The summed E-state index contributed by atoms with van der Waals surface area (Å²) in [6, 6.07) is 11.3. The summed E-state index contributed by atoms with van der Waals surface area (Å²) in [7, 11) is 0. The van der Waals surface area contributed by atoms with E-state index in [0.717, 1.165) is 16.8 Å². The van der Waals surface area contributed by atoms with Gasteiger partial charge < -0.3 is 10.2 Å². The normalized spacial score (nSPS) is 13.2. The molecule has 0 spiro atoms. The van der Waals surface area contributed by atoms with Crippen LogP contribution in [0.5, 0.6) is 0 Å².